The number of hydrogen-bond donors (Lipinski definition) is 1. The van der Waals surface area contributed by atoms with E-state index >= 15 is 0 Å². The van der Waals surface area contributed by atoms with Crippen molar-refractivity contribution in [2.45, 2.75) is 33.6 Å². The average molecular weight is 496 g/mol. The van der Waals surface area contributed by atoms with Crippen molar-refractivity contribution in [1.82, 2.24) is 19.3 Å². The van der Waals surface area contributed by atoms with Gasteiger partial charge in [0, 0.05) is 42.4 Å². The van der Waals surface area contributed by atoms with Gasteiger partial charge in [-0.3, -0.25) is 14.0 Å². The van der Waals surface area contributed by atoms with Gasteiger partial charge >= 0.3 is 6.61 Å². The molecule has 4 aromatic rings. The second-order valence-corrected chi connectivity index (χ2v) is 7.69. The Morgan fingerprint density at radius 1 is 1.17 bits per heavy atom. The molecule has 0 aliphatic carbocycles. The molecule has 0 bridgehead atoms. The Hall–Kier alpha value is -4.05. The first-order valence-electron chi connectivity index (χ1n) is 11.6. The van der Waals surface area contributed by atoms with Gasteiger partial charge in [-0.2, -0.15) is 13.9 Å². The van der Waals surface area contributed by atoms with Gasteiger partial charge < -0.3 is 14.8 Å². The summed E-state index contributed by atoms with van der Waals surface area (Å²) in [6, 6.07) is 10.3. The maximum absolute atomic E-state index is 13.8. The minimum absolute atomic E-state index is 0.237. The van der Waals surface area contributed by atoms with Crippen LogP contribution in [0.4, 0.5) is 14.6 Å². The van der Waals surface area contributed by atoms with Crippen LogP contribution in [0.15, 0.2) is 59.7 Å². The third-order valence-electron chi connectivity index (χ3n) is 5.42. The number of ether oxygens (including phenoxy) is 2. The third-order valence-corrected chi connectivity index (χ3v) is 5.42. The highest BCUT2D eigenvalue weighted by Crippen LogP contribution is 2.30. The number of alkyl halides is 2. The van der Waals surface area contributed by atoms with Crippen LogP contribution in [-0.2, 0) is 11.8 Å². The molecule has 0 spiro atoms. The van der Waals surface area contributed by atoms with Gasteiger partial charge in [0.05, 0.1) is 17.4 Å². The molecule has 1 N–H and O–H groups in total. The first-order chi connectivity index (χ1) is 17.4. The first-order valence-corrected chi connectivity index (χ1v) is 11.6. The fourth-order valence-electron chi connectivity index (χ4n) is 4.00. The molecule has 0 saturated heterocycles. The lowest BCUT2D eigenvalue weighted by atomic mass is 10.0. The number of aryl methyl sites for hydroxylation is 1. The van der Waals surface area contributed by atoms with Gasteiger partial charge in [0.2, 0.25) is 5.88 Å². The van der Waals surface area contributed by atoms with E-state index in [0.29, 0.717) is 23.7 Å². The molecule has 1 atom stereocenters. The molecular weight excluding hydrogens is 468 g/mol. The molecule has 8 nitrogen and oxygen atoms in total. The molecule has 10 heteroatoms. The molecule has 5 rings (SSSR count). The van der Waals surface area contributed by atoms with Crippen LogP contribution < -0.4 is 15.6 Å². The van der Waals surface area contributed by atoms with Gasteiger partial charge in [-0.1, -0.05) is 26.0 Å². The van der Waals surface area contributed by atoms with E-state index in [4.69, 9.17) is 4.74 Å². The Labute approximate surface area is 206 Å². The monoisotopic (exact) mass is 495 g/mol. The highest BCUT2D eigenvalue weighted by molar-refractivity contribution is 5.85. The van der Waals surface area contributed by atoms with Crippen LogP contribution in [0.2, 0.25) is 0 Å². The van der Waals surface area contributed by atoms with Gasteiger partial charge in [-0.05, 0) is 42.8 Å². The second kappa shape index (κ2) is 10.7. The van der Waals surface area contributed by atoms with E-state index in [1.54, 1.807) is 4.68 Å². The average Bonchev–Trinajstić information content (AvgIpc) is 3.25. The number of benzene rings is 1. The lowest BCUT2D eigenvalue weighted by Crippen LogP contribution is -2.31. The fourth-order valence-corrected chi connectivity index (χ4v) is 4.00. The van der Waals surface area contributed by atoms with Crippen molar-refractivity contribution in [3.63, 3.8) is 0 Å². The van der Waals surface area contributed by atoms with Crippen molar-refractivity contribution < 1.29 is 18.3 Å². The molecule has 0 saturated carbocycles. The van der Waals surface area contributed by atoms with Crippen LogP contribution in [0.3, 0.4) is 0 Å². The maximum Gasteiger partial charge on any atom is 0.388 e. The highest BCUT2D eigenvalue weighted by atomic mass is 19.3. The molecule has 188 valence electrons. The minimum Gasteiger partial charge on any atom is -0.417 e. The number of halogens is 2. The molecule has 0 radical (unpaired) electrons. The van der Waals surface area contributed by atoms with E-state index in [2.05, 4.69) is 20.1 Å². The zero-order chi connectivity index (χ0) is 25.8. The third kappa shape index (κ3) is 4.99. The van der Waals surface area contributed by atoms with Crippen LogP contribution in [0.1, 0.15) is 26.3 Å². The Morgan fingerprint density at radius 2 is 1.97 bits per heavy atom. The smallest absolute Gasteiger partial charge is 0.388 e. The van der Waals surface area contributed by atoms with E-state index in [0.717, 1.165) is 22.0 Å². The predicted molar refractivity (Wildman–Crippen MR) is 136 cm³/mol. The topological polar surface area (TPSA) is 83.2 Å². The minimum atomic E-state index is -2.99. The van der Waals surface area contributed by atoms with Crippen LogP contribution in [0, 0.1) is 0 Å². The standard InChI is InChI=1S/C24H21F2N5O3.C2H6/c1-3-33-21-8-5-15-11-18(14-4-7-19-16(10-14)13-30(2)29-19)23(32)31(22(15)28-21)17-6-9-20(27-12-17)34-24(25)26;1-2/h4-13,21,24,28H,3H2,1-2H3;1-2H3. The van der Waals surface area contributed by atoms with E-state index < -0.39 is 12.8 Å². The number of aromatic nitrogens is 4. The second-order valence-electron chi connectivity index (χ2n) is 7.69. The number of anilines is 1. The SMILES string of the molecule is CC.CCOC1C=Cc2cc(-c3ccc4nn(C)cc4c3)c(=O)n(-c3ccc(OC(F)F)nc3)c2N1. The van der Waals surface area contributed by atoms with Gasteiger partial charge in [-0.25, -0.2) is 4.98 Å². The van der Waals surface area contributed by atoms with Gasteiger partial charge in [0.15, 0.2) is 0 Å². The molecule has 1 aliphatic rings. The summed E-state index contributed by atoms with van der Waals surface area (Å²) in [6.45, 7) is 3.37. The van der Waals surface area contributed by atoms with Crippen LogP contribution in [0.25, 0.3) is 33.8 Å². The Morgan fingerprint density at radius 3 is 2.67 bits per heavy atom. The Bertz CT molecular complexity index is 1440. The molecule has 1 aliphatic heterocycles. The molecule has 4 heterocycles. The van der Waals surface area contributed by atoms with Crippen LogP contribution >= 0.6 is 0 Å². The van der Waals surface area contributed by atoms with Gasteiger partial charge in [-0.15, -0.1) is 0 Å². The lowest BCUT2D eigenvalue weighted by Gasteiger charge is -2.26. The number of hydrogen-bond acceptors (Lipinski definition) is 6. The van der Waals surface area contributed by atoms with E-state index in [1.807, 2.05) is 70.4 Å². The highest BCUT2D eigenvalue weighted by Gasteiger charge is 2.22. The first kappa shape index (κ1) is 25.1. The number of pyridine rings is 2. The molecule has 0 fully saturated rings. The summed E-state index contributed by atoms with van der Waals surface area (Å²) in [7, 11) is 1.84. The van der Waals surface area contributed by atoms with E-state index in [9.17, 15) is 13.6 Å². The molecular formula is C26H27F2N5O3. The van der Waals surface area contributed by atoms with E-state index in [-0.39, 0.29) is 11.4 Å². The maximum atomic E-state index is 13.8. The summed E-state index contributed by atoms with van der Waals surface area (Å²) in [4.78, 5) is 17.7. The largest absolute Gasteiger partial charge is 0.417 e. The molecule has 1 aromatic carbocycles. The Balaban J connectivity index is 0.00000148. The number of nitrogens with one attached hydrogen (secondary N) is 1. The Kier molecular flexibility index (Phi) is 7.44. The summed E-state index contributed by atoms with van der Waals surface area (Å²) in [5.74, 6) is 0.278. The summed E-state index contributed by atoms with van der Waals surface area (Å²) >= 11 is 0. The zero-order valence-corrected chi connectivity index (χ0v) is 20.4. The van der Waals surface area contributed by atoms with Crippen molar-refractivity contribution in [3.05, 3.63) is 70.8 Å². The van der Waals surface area contributed by atoms with Gasteiger partial charge in [0.25, 0.3) is 5.56 Å². The lowest BCUT2D eigenvalue weighted by molar-refractivity contribution is -0.0528. The van der Waals surface area contributed by atoms with Crippen molar-refractivity contribution in [2.24, 2.45) is 7.05 Å². The number of rotatable bonds is 6. The molecule has 36 heavy (non-hydrogen) atoms. The predicted octanol–water partition coefficient (Wildman–Crippen LogP) is 5.22. The summed E-state index contributed by atoms with van der Waals surface area (Å²) < 4.78 is 38.3. The molecule has 1 unspecified atom stereocenters. The van der Waals surface area contributed by atoms with Crippen LogP contribution in [-0.4, -0.2) is 38.8 Å². The van der Waals surface area contributed by atoms with Crippen molar-refractivity contribution in [2.75, 3.05) is 11.9 Å². The number of nitrogens with zero attached hydrogens (tertiary/aromatic N) is 4. The zero-order valence-electron chi connectivity index (χ0n) is 20.4. The normalized spacial score (nSPS) is 14.2. The van der Waals surface area contributed by atoms with Gasteiger partial charge in [0.1, 0.15) is 12.0 Å². The quantitative estimate of drug-likeness (QED) is 0.395. The summed E-state index contributed by atoms with van der Waals surface area (Å²) in [5.41, 5.74) is 2.88. The molecule has 3 aromatic heterocycles. The van der Waals surface area contributed by atoms with Crippen molar-refractivity contribution in [1.29, 1.82) is 0 Å². The fraction of sp³-hybridized carbons (Fsp3) is 0.269. The van der Waals surface area contributed by atoms with Crippen LogP contribution in [0.5, 0.6) is 5.88 Å². The van der Waals surface area contributed by atoms with Crippen molar-refractivity contribution in [3.8, 4) is 22.7 Å². The van der Waals surface area contributed by atoms with Crippen molar-refractivity contribution >= 4 is 22.8 Å². The summed E-state index contributed by atoms with van der Waals surface area (Å²) in [6.07, 6.45) is 6.54. The number of fused-ring (bicyclic) bond motifs is 2. The summed E-state index contributed by atoms with van der Waals surface area (Å²) in [5, 5.41) is 8.52. The van der Waals surface area contributed by atoms with E-state index in [1.165, 1.54) is 22.9 Å². The molecule has 0 amide bonds.